The normalized spacial score (nSPS) is 17.2. The van der Waals surface area contributed by atoms with Gasteiger partial charge in [0.1, 0.15) is 5.75 Å². The lowest BCUT2D eigenvalue weighted by molar-refractivity contribution is 0.0693. The van der Waals surface area contributed by atoms with Gasteiger partial charge < -0.3 is 30.7 Å². The number of nitrogens with two attached hydrogens (primary N) is 1. The number of amides is 1. The molecule has 0 radical (unpaired) electrons. The van der Waals surface area contributed by atoms with Crippen LogP contribution in [0.2, 0.25) is 0 Å². The lowest BCUT2D eigenvalue weighted by Crippen LogP contribution is -2.53. The van der Waals surface area contributed by atoms with Crippen LogP contribution < -0.4 is 15.7 Å². The Kier molecular flexibility index (Phi) is 4.63. The minimum absolute atomic E-state index is 0.0194. The molecule has 2 aromatic rings. The molecule has 2 aliphatic rings. The molecule has 0 aromatic heterocycles. The average molecular weight is 394 g/mol. The molecule has 0 saturated carbocycles. The number of carboxylic acid groups (broad SMARTS) is 1. The van der Waals surface area contributed by atoms with E-state index in [9.17, 15) is 19.7 Å². The number of carboxylic acids is 1. The SMILES string of the molecule is N=C(N)N1Cc2ccc(C(=O)N[C@H]3Cc4cccc(C(=O)O)c4OB3O)cc2C1. The molecule has 0 unspecified atom stereocenters. The van der Waals surface area contributed by atoms with E-state index < -0.39 is 19.0 Å². The van der Waals surface area contributed by atoms with E-state index in [1.54, 1.807) is 29.2 Å². The van der Waals surface area contributed by atoms with Gasteiger partial charge in [-0.1, -0.05) is 18.2 Å². The summed E-state index contributed by atoms with van der Waals surface area (Å²) >= 11 is 0. The number of carbonyl (C=O) groups is 2. The van der Waals surface area contributed by atoms with E-state index in [-0.39, 0.29) is 29.6 Å². The van der Waals surface area contributed by atoms with Gasteiger partial charge in [0.05, 0.1) is 11.5 Å². The number of hydrogen-bond acceptors (Lipinski definition) is 5. The molecular weight excluding hydrogens is 375 g/mol. The first-order valence-electron chi connectivity index (χ1n) is 9.05. The molecule has 10 heteroatoms. The first-order valence-corrected chi connectivity index (χ1v) is 9.05. The van der Waals surface area contributed by atoms with Gasteiger partial charge in [0.25, 0.3) is 5.91 Å². The minimum atomic E-state index is -1.37. The topological polar surface area (TPSA) is 149 Å². The van der Waals surface area contributed by atoms with Crippen molar-refractivity contribution in [3.63, 3.8) is 0 Å². The van der Waals surface area contributed by atoms with Gasteiger partial charge in [-0.2, -0.15) is 0 Å². The minimum Gasteiger partial charge on any atom is -0.534 e. The zero-order chi connectivity index (χ0) is 20.7. The smallest absolute Gasteiger partial charge is 0.534 e. The summed E-state index contributed by atoms with van der Waals surface area (Å²) in [5.41, 5.74) is 8.46. The summed E-state index contributed by atoms with van der Waals surface area (Å²) in [4.78, 5) is 25.7. The van der Waals surface area contributed by atoms with Gasteiger partial charge in [-0.15, -0.1) is 0 Å². The Bertz CT molecular complexity index is 1030. The molecule has 2 aliphatic heterocycles. The van der Waals surface area contributed by atoms with Gasteiger partial charge in [-0.3, -0.25) is 10.2 Å². The third-order valence-electron chi connectivity index (χ3n) is 5.20. The quantitative estimate of drug-likeness (QED) is 0.286. The fraction of sp³-hybridized carbons (Fsp3) is 0.211. The predicted molar refractivity (Wildman–Crippen MR) is 105 cm³/mol. The van der Waals surface area contributed by atoms with Gasteiger partial charge in [0.2, 0.25) is 0 Å². The van der Waals surface area contributed by atoms with Crippen molar-refractivity contribution in [2.75, 3.05) is 0 Å². The summed E-state index contributed by atoms with van der Waals surface area (Å²) in [6.45, 7) is 0.997. The fourth-order valence-corrected chi connectivity index (χ4v) is 3.67. The monoisotopic (exact) mass is 394 g/mol. The molecular formula is C19H19BN4O5. The van der Waals surface area contributed by atoms with E-state index in [0.29, 0.717) is 24.2 Å². The Hall–Kier alpha value is -3.53. The molecule has 9 nitrogen and oxygen atoms in total. The largest absolute Gasteiger partial charge is 0.547 e. The molecule has 0 bridgehead atoms. The summed E-state index contributed by atoms with van der Waals surface area (Å²) in [6.07, 6.45) is 0.242. The van der Waals surface area contributed by atoms with Crippen molar-refractivity contribution in [2.24, 2.45) is 5.73 Å². The lowest BCUT2D eigenvalue weighted by Gasteiger charge is -2.28. The van der Waals surface area contributed by atoms with Crippen LogP contribution >= 0.6 is 0 Å². The van der Waals surface area contributed by atoms with Crippen molar-refractivity contribution in [3.8, 4) is 5.75 Å². The number of nitrogens with one attached hydrogen (secondary N) is 2. The van der Waals surface area contributed by atoms with Crippen molar-refractivity contribution < 1.29 is 24.4 Å². The van der Waals surface area contributed by atoms with Gasteiger partial charge in [-0.05, 0) is 41.3 Å². The van der Waals surface area contributed by atoms with Crippen molar-refractivity contribution in [1.29, 1.82) is 5.41 Å². The summed E-state index contributed by atoms with van der Waals surface area (Å²) in [6, 6.07) is 9.98. The highest BCUT2D eigenvalue weighted by atomic mass is 16.5. The van der Waals surface area contributed by atoms with E-state index in [4.69, 9.17) is 15.8 Å². The molecule has 2 aromatic carbocycles. The predicted octanol–water partition coefficient (Wildman–Crippen LogP) is 0.347. The van der Waals surface area contributed by atoms with Crippen molar-refractivity contribution in [3.05, 3.63) is 64.2 Å². The standard InChI is InChI=1S/C19H19BN4O5/c21-19(22)24-8-12-5-4-11(6-13(12)9-24)17(25)23-15-7-10-2-1-3-14(18(26)27)16(10)29-20(15)28/h1-6,15,28H,7-9H2,(H3,21,22)(H,23,25)(H,26,27)/t15-/m0/s1. The second-order valence-corrected chi connectivity index (χ2v) is 7.12. The molecule has 1 amide bonds. The first kappa shape index (κ1) is 18.8. The molecule has 2 heterocycles. The molecule has 1 atom stereocenters. The van der Waals surface area contributed by atoms with E-state index in [0.717, 1.165) is 11.1 Å². The van der Waals surface area contributed by atoms with Gasteiger partial charge in [0, 0.05) is 18.7 Å². The lowest BCUT2D eigenvalue weighted by atomic mass is 9.72. The van der Waals surface area contributed by atoms with Crippen LogP contribution in [0.3, 0.4) is 0 Å². The van der Waals surface area contributed by atoms with Crippen LogP contribution in [0.25, 0.3) is 0 Å². The number of carbonyl (C=O) groups excluding carboxylic acids is 1. The number of guanidine groups is 1. The number of para-hydroxylation sites is 1. The third-order valence-corrected chi connectivity index (χ3v) is 5.20. The number of aromatic carboxylic acids is 1. The van der Waals surface area contributed by atoms with Crippen molar-refractivity contribution >= 4 is 25.0 Å². The molecule has 148 valence electrons. The number of nitrogens with zero attached hydrogens (tertiary/aromatic N) is 1. The number of rotatable bonds is 3. The summed E-state index contributed by atoms with van der Waals surface area (Å²) in [5, 5.41) is 29.9. The van der Waals surface area contributed by atoms with E-state index in [1.165, 1.54) is 6.07 Å². The zero-order valence-electron chi connectivity index (χ0n) is 15.4. The number of hydrogen-bond donors (Lipinski definition) is 5. The number of fused-ring (bicyclic) bond motifs is 2. The Morgan fingerprint density at radius 2 is 1.97 bits per heavy atom. The van der Waals surface area contributed by atoms with Gasteiger partial charge in [0.15, 0.2) is 5.96 Å². The summed E-state index contributed by atoms with van der Waals surface area (Å²) in [5.74, 6) is -2.14. The van der Waals surface area contributed by atoms with Crippen molar-refractivity contribution in [2.45, 2.75) is 25.5 Å². The highest BCUT2D eigenvalue weighted by Gasteiger charge is 2.38. The molecule has 4 rings (SSSR count). The van der Waals surface area contributed by atoms with E-state index >= 15 is 0 Å². The summed E-state index contributed by atoms with van der Waals surface area (Å²) in [7, 11) is -1.37. The molecule has 0 fully saturated rings. The van der Waals surface area contributed by atoms with Crippen LogP contribution in [0.5, 0.6) is 5.75 Å². The molecule has 29 heavy (non-hydrogen) atoms. The second kappa shape index (κ2) is 7.14. The molecule has 0 spiro atoms. The average Bonchev–Trinajstić information content (AvgIpc) is 3.11. The van der Waals surface area contributed by atoms with Gasteiger partial charge >= 0.3 is 13.1 Å². The van der Waals surface area contributed by atoms with Crippen LogP contribution in [-0.4, -0.2) is 45.9 Å². The van der Waals surface area contributed by atoms with Crippen LogP contribution in [0.15, 0.2) is 36.4 Å². The highest BCUT2D eigenvalue weighted by Crippen LogP contribution is 2.30. The Morgan fingerprint density at radius 3 is 2.69 bits per heavy atom. The maximum absolute atomic E-state index is 12.7. The second-order valence-electron chi connectivity index (χ2n) is 7.12. The molecule has 0 aliphatic carbocycles. The Labute approximate surface area is 166 Å². The third kappa shape index (κ3) is 3.50. The maximum Gasteiger partial charge on any atom is 0.547 e. The zero-order valence-corrected chi connectivity index (χ0v) is 15.4. The summed E-state index contributed by atoms with van der Waals surface area (Å²) < 4.78 is 5.40. The fourth-order valence-electron chi connectivity index (χ4n) is 3.67. The Balaban J connectivity index is 1.50. The maximum atomic E-state index is 12.7. The molecule has 0 saturated heterocycles. The van der Waals surface area contributed by atoms with Crippen LogP contribution in [0.1, 0.15) is 37.4 Å². The van der Waals surface area contributed by atoms with E-state index in [2.05, 4.69) is 5.32 Å². The van der Waals surface area contributed by atoms with Crippen LogP contribution in [0, 0.1) is 5.41 Å². The Morgan fingerprint density at radius 1 is 1.21 bits per heavy atom. The highest BCUT2D eigenvalue weighted by molar-refractivity contribution is 6.47. The van der Waals surface area contributed by atoms with E-state index in [1.807, 2.05) is 6.07 Å². The van der Waals surface area contributed by atoms with Crippen LogP contribution in [-0.2, 0) is 19.5 Å². The van der Waals surface area contributed by atoms with Crippen molar-refractivity contribution in [1.82, 2.24) is 10.2 Å². The first-order chi connectivity index (χ1) is 13.8. The van der Waals surface area contributed by atoms with Gasteiger partial charge in [-0.25, -0.2) is 4.79 Å². The van der Waals surface area contributed by atoms with Crippen LogP contribution in [0.4, 0.5) is 0 Å². The molecule has 6 N–H and O–H groups in total. The number of benzene rings is 2.